The molecule has 0 aliphatic heterocycles. The molecule has 1 unspecified atom stereocenters. The van der Waals surface area contributed by atoms with Gasteiger partial charge >= 0.3 is 0 Å². The third-order valence-corrected chi connectivity index (χ3v) is 2.70. The van der Waals surface area contributed by atoms with Gasteiger partial charge in [0.05, 0.1) is 11.0 Å². The van der Waals surface area contributed by atoms with Gasteiger partial charge in [0.25, 0.3) is 12.1 Å². The highest BCUT2D eigenvalue weighted by Crippen LogP contribution is 2.33. The molecule has 1 rings (SSSR count). The highest BCUT2D eigenvalue weighted by molar-refractivity contribution is 9.10. The standard InChI is InChI=1S/C8H7BrF2N2O2/c9-6-4(7(12)8(10)11)2-1-3-5(6)13(14)15/h1-3,7-8H,12H2. The number of nitro benzene ring substituents is 1. The van der Waals surface area contributed by atoms with Crippen LogP contribution in [0.2, 0.25) is 0 Å². The molecule has 0 bridgehead atoms. The number of nitro groups is 1. The van der Waals surface area contributed by atoms with Crippen molar-refractivity contribution in [2.75, 3.05) is 0 Å². The number of alkyl halides is 2. The molecule has 4 nitrogen and oxygen atoms in total. The zero-order valence-corrected chi connectivity index (χ0v) is 8.95. The van der Waals surface area contributed by atoms with Gasteiger partial charge in [0.2, 0.25) is 0 Å². The van der Waals surface area contributed by atoms with Crippen LogP contribution in [-0.4, -0.2) is 11.3 Å². The molecule has 0 aliphatic carbocycles. The zero-order valence-electron chi connectivity index (χ0n) is 7.36. The second-order valence-corrected chi connectivity index (χ2v) is 3.59. The van der Waals surface area contributed by atoms with Crippen LogP contribution in [0.3, 0.4) is 0 Å². The lowest BCUT2D eigenvalue weighted by atomic mass is 10.1. The monoisotopic (exact) mass is 280 g/mol. The van der Waals surface area contributed by atoms with Crippen LogP contribution in [0.5, 0.6) is 0 Å². The van der Waals surface area contributed by atoms with E-state index in [2.05, 4.69) is 15.9 Å². The fourth-order valence-electron chi connectivity index (χ4n) is 1.07. The highest BCUT2D eigenvalue weighted by atomic mass is 79.9. The number of benzene rings is 1. The highest BCUT2D eigenvalue weighted by Gasteiger charge is 2.24. The molecule has 0 aromatic heterocycles. The van der Waals surface area contributed by atoms with Crippen molar-refractivity contribution in [1.29, 1.82) is 0 Å². The van der Waals surface area contributed by atoms with Crippen LogP contribution < -0.4 is 5.73 Å². The first-order valence-electron chi connectivity index (χ1n) is 3.91. The molecular weight excluding hydrogens is 274 g/mol. The number of hydrogen-bond donors (Lipinski definition) is 1. The fraction of sp³-hybridized carbons (Fsp3) is 0.250. The van der Waals surface area contributed by atoms with Crippen LogP contribution in [0.25, 0.3) is 0 Å². The second kappa shape index (κ2) is 4.63. The van der Waals surface area contributed by atoms with E-state index in [1.54, 1.807) is 0 Å². The van der Waals surface area contributed by atoms with E-state index in [-0.39, 0.29) is 15.7 Å². The molecule has 1 aromatic rings. The van der Waals surface area contributed by atoms with Crippen molar-refractivity contribution < 1.29 is 13.7 Å². The summed E-state index contributed by atoms with van der Waals surface area (Å²) in [6, 6.07) is 2.33. The van der Waals surface area contributed by atoms with Crippen LogP contribution in [0.15, 0.2) is 22.7 Å². The number of hydrogen-bond acceptors (Lipinski definition) is 3. The molecular formula is C8H7BrF2N2O2. The van der Waals surface area contributed by atoms with Crippen molar-refractivity contribution in [3.05, 3.63) is 38.3 Å². The molecule has 0 aliphatic rings. The lowest BCUT2D eigenvalue weighted by molar-refractivity contribution is -0.385. The number of halogens is 3. The zero-order chi connectivity index (χ0) is 11.6. The summed E-state index contributed by atoms with van der Waals surface area (Å²) in [5, 5.41) is 10.5. The van der Waals surface area contributed by atoms with Crippen molar-refractivity contribution in [3.8, 4) is 0 Å². The first-order valence-corrected chi connectivity index (χ1v) is 4.71. The maximum absolute atomic E-state index is 12.3. The maximum Gasteiger partial charge on any atom is 0.283 e. The van der Waals surface area contributed by atoms with Gasteiger partial charge in [-0.1, -0.05) is 12.1 Å². The summed E-state index contributed by atoms with van der Waals surface area (Å²) in [5.74, 6) is 0. The summed E-state index contributed by atoms with van der Waals surface area (Å²) in [6.45, 7) is 0. The Hall–Kier alpha value is -1.08. The minimum absolute atomic E-state index is 0.00259. The molecule has 0 saturated heterocycles. The Kier molecular flexibility index (Phi) is 3.70. The third-order valence-electron chi connectivity index (χ3n) is 1.84. The lowest BCUT2D eigenvalue weighted by Crippen LogP contribution is -2.19. The van der Waals surface area contributed by atoms with Crippen LogP contribution in [0.1, 0.15) is 11.6 Å². The number of nitrogens with zero attached hydrogens (tertiary/aromatic N) is 1. The Balaban J connectivity index is 3.21. The topological polar surface area (TPSA) is 69.2 Å². The van der Waals surface area contributed by atoms with E-state index in [1.165, 1.54) is 18.2 Å². The largest absolute Gasteiger partial charge is 0.319 e. The average molecular weight is 281 g/mol. The molecule has 1 aromatic carbocycles. The van der Waals surface area contributed by atoms with Gasteiger partial charge in [-0.3, -0.25) is 10.1 Å². The van der Waals surface area contributed by atoms with E-state index in [0.717, 1.165) is 0 Å². The molecule has 82 valence electrons. The normalized spacial score (nSPS) is 12.9. The second-order valence-electron chi connectivity index (χ2n) is 2.80. The quantitative estimate of drug-likeness (QED) is 0.684. The van der Waals surface area contributed by atoms with Crippen molar-refractivity contribution in [2.45, 2.75) is 12.5 Å². The summed E-state index contributed by atoms with van der Waals surface area (Å²) in [7, 11) is 0. The minimum Gasteiger partial charge on any atom is -0.319 e. The molecule has 0 spiro atoms. The first-order chi connectivity index (χ1) is 6.95. The lowest BCUT2D eigenvalue weighted by Gasteiger charge is -2.12. The van der Waals surface area contributed by atoms with Crippen LogP contribution in [-0.2, 0) is 0 Å². The van der Waals surface area contributed by atoms with E-state index < -0.39 is 17.4 Å². The molecule has 0 saturated carbocycles. The van der Waals surface area contributed by atoms with Gasteiger partial charge in [0.15, 0.2) is 0 Å². The molecule has 7 heteroatoms. The van der Waals surface area contributed by atoms with Crippen LogP contribution >= 0.6 is 15.9 Å². The Bertz CT molecular complexity index is 387. The van der Waals surface area contributed by atoms with Crippen LogP contribution in [0, 0.1) is 10.1 Å². The third kappa shape index (κ3) is 2.48. The summed E-state index contributed by atoms with van der Waals surface area (Å²) < 4.78 is 24.6. The minimum atomic E-state index is -2.76. The van der Waals surface area contributed by atoms with E-state index in [4.69, 9.17) is 5.73 Å². The molecule has 1 atom stereocenters. The predicted octanol–water partition coefficient (Wildman–Crippen LogP) is 2.62. The van der Waals surface area contributed by atoms with Gasteiger partial charge in [0.1, 0.15) is 4.47 Å². The molecule has 0 radical (unpaired) electrons. The Labute approximate surface area is 92.4 Å². The average Bonchev–Trinajstić information content (AvgIpc) is 2.16. The predicted molar refractivity (Wildman–Crippen MR) is 53.7 cm³/mol. The summed E-state index contributed by atoms with van der Waals surface area (Å²) in [6.07, 6.45) is -2.76. The summed E-state index contributed by atoms with van der Waals surface area (Å²) in [5.41, 5.74) is 4.96. The first kappa shape index (κ1) is 12.0. The van der Waals surface area contributed by atoms with Gasteiger partial charge in [0, 0.05) is 6.07 Å². The van der Waals surface area contributed by atoms with Crippen molar-refractivity contribution in [2.24, 2.45) is 5.73 Å². The van der Waals surface area contributed by atoms with Crippen molar-refractivity contribution in [1.82, 2.24) is 0 Å². The van der Waals surface area contributed by atoms with E-state index in [0.29, 0.717) is 0 Å². The van der Waals surface area contributed by atoms with Gasteiger partial charge in [-0.25, -0.2) is 8.78 Å². The summed E-state index contributed by atoms with van der Waals surface area (Å²) >= 11 is 2.90. The molecule has 0 heterocycles. The summed E-state index contributed by atoms with van der Waals surface area (Å²) in [4.78, 5) is 9.85. The van der Waals surface area contributed by atoms with Gasteiger partial charge in [-0.05, 0) is 21.5 Å². The molecule has 15 heavy (non-hydrogen) atoms. The van der Waals surface area contributed by atoms with Crippen LogP contribution in [0.4, 0.5) is 14.5 Å². The van der Waals surface area contributed by atoms with Crippen molar-refractivity contribution in [3.63, 3.8) is 0 Å². The molecule has 0 amide bonds. The smallest absolute Gasteiger partial charge is 0.283 e. The van der Waals surface area contributed by atoms with E-state index in [1.807, 2.05) is 0 Å². The van der Waals surface area contributed by atoms with Crippen molar-refractivity contribution >= 4 is 21.6 Å². The van der Waals surface area contributed by atoms with Gasteiger partial charge in [-0.15, -0.1) is 0 Å². The molecule has 2 N–H and O–H groups in total. The van der Waals surface area contributed by atoms with E-state index >= 15 is 0 Å². The number of nitrogens with two attached hydrogens (primary N) is 1. The van der Waals surface area contributed by atoms with Gasteiger partial charge in [-0.2, -0.15) is 0 Å². The Morgan fingerprint density at radius 3 is 2.53 bits per heavy atom. The maximum atomic E-state index is 12.3. The number of rotatable bonds is 3. The van der Waals surface area contributed by atoms with Gasteiger partial charge < -0.3 is 5.73 Å². The molecule has 0 fully saturated rings. The SMILES string of the molecule is NC(c1cccc([N+](=O)[O-])c1Br)C(F)F. The fourth-order valence-corrected chi connectivity index (χ4v) is 1.74. The van der Waals surface area contributed by atoms with E-state index in [9.17, 15) is 18.9 Å². The Morgan fingerprint density at radius 1 is 1.47 bits per heavy atom. The Morgan fingerprint density at radius 2 is 2.07 bits per heavy atom.